The van der Waals surface area contributed by atoms with Gasteiger partial charge in [-0.3, -0.25) is 10.1 Å². The monoisotopic (exact) mass is 291 g/mol. The lowest BCUT2D eigenvalue weighted by Gasteiger charge is -2.06. The van der Waals surface area contributed by atoms with Crippen LogP contribution in [0, 0.1) is 10.1 Å². The van der Waals surface area contributed by atoms with Crippen molar-refractivity contribution < 1.29 is 14.8 Å². The second-order valence-electron chi connectivity index (χ2n) is 4.23. The molecule has 0 unspecified atom stereocenters. The van der Waals surface area contributed by atoms with Gasteiger partial charge in [-0.1, -0.05) is 18.7 Å². The number of benzene rings is 1. The molecule has 0 spiro atoms. The van der Waals surface area contributed by atoms with Crippen LogP contribution in [-0.4, -0.2) is 29.5 Å². The number of phenols is 1. The molecule has 7 nitrogen and oxygen atoms in total. The first kappa shape index (κ1) is 16.2. The number of hydrogen-bond donors (Lipinski definition) is 3. The maximum Gasteiger partial charge on any atom is 0.316 e. The fraction of sp³-hybridized carbons (Fsp3) is 0.214. The molecular weight excluding hydrogens is 274 g/mol. The van der Waals surface area contributed by atoms with Crippen molar-refractivity contribution in [1.29, 1.82) is 0 Å². The van der Waals surface area contributed by atoms with Crippen LogP contribution < -0.4 is 10.6 Å². The Bertz CT molecular complexity index is 564. The van der Waals surface area contributed by atoms with Crippen LogP contribution in [0.1, 0.15) is 5.56 Å². The number of phenolic OH excluding ortho intramolecular Hbond substituents is 1. The van der Waals surface area contributed by atoms with Gasteiger partial charge < -0.3 is 20.5 Å². The SMILES string of the molecule is C=C(/C=C(\NC)[N+](=O)[O-])C(=O)NCCc1ccc(O)cc1. The van der Waals surface area contributed by atoms with Crippen LogP contribution in [0.15, 0.2) is 48.3 Å². The lowest BCUT2D eigenvalue weighted by Crippen LogP contribution is -2.27. The first-order valence-electron chi connectivity index (χ1n) is 6.23. The van der Waals surface area contributed by atoms with Crippen molar-refractivity contribution in [2.24, 2.45) is 0 Å². The molecule has 0 saturated carbocycles. The van der Waals surface area contributed by atoms with Crippen LogP contribution in [-0.2, 0) is 11.2 Å². The smallest absolute Gasteiger partial charge is 0.316 e. The number of hydrogen-bond acceptors (Lipinski definition) is 5. The van der Waals surface area contributed by atoms with E-state index in [-0.39, 0.29) is 17.1 Å². The molecule has 1 aromatic carbocycles. The molecule has 0 saturated heterocycles. The van der Waals surface area contributed by atoms with Gasteiger partial charge in [-0.2, -0.15) is 0 Å². The van der Waals surface area contributed by atoms with Crippen molar-refractivity contribution in [3.05, 3.63) is 64.0 Å². The number of carbonyl (C=O) groups excluding carboxylic acids is 1. The zero-order chi connectivity index (χ0) is 15.8. The Morgan fingerprint density at radius 2 is 2.05 bits per heavy atom. The predicted octanol–water partition coefficient (Wildman–Crippen LogP) is 0.945. The van der Waals surface area contributed by atoms with E-state index in [2.05, 4.69) is 17.2 Å². The van der Waals surface area contributed by atoms with Crippen molar-refractivity contribution in [3.63, 3.8) is 0 Å². The second-order valence-corrected chi connectivity index (χ2v) is 4.23. The number of rotatable bonds is 7. The second kappa shape index (κ2) is 7.68. The molecule has 0 fully saturated rings. The molecule has 0 atom stereocenters. The van der Waals surface area contributed by atoms with Gasteiger partial charge >= 0.3 is 5.82 Å². The third kappa shape index (κ3) is 5.35. The number of amides is 1. The van der Waals surface area contributed by atoms with E-state index < -0.39 is 10.8 Å². The van der Waals surface area contributed by atoms with E-state index in [0.717, 1.165) is 11.6 Å². The lowest BCUT2D eigenvalue weighted by atomic mass is 10.1. The van der Waals surface area contributed by atoms with Gasteiger partial charge in [0.25, 0.3) is 5.91 Å². The summed E-state index contributed by atoms with van der Waals surface area (Å²) >= 11 is 0. The molecule has 0 aromatic heterocycles. The van der Waals surface area contributed by atoms with Crippen molar-refractivity contribution in [3.8, 4) is 5.75 Å². The molecule has 0 heterocycles. The largest absolute Gasteiger partial charge is 0.508 e. The van der Waals surface area contributed by atoms with Crippen LogP contribution in [0.2, 0.25) is 0 Å². The molecule has 1 rings (SSSR count). The predicted molar refractivity (Wildman–Crippen MR) is 78.1 cm³/mol. The molecule has 0 aliphatic carbocycles. The third-order valence-electron chi connectivity index (χ3n) is 2.69. The van der Waals surface area contributed by atoms with Crippen molar-refractivity contribution in [1.82, 2.24) is 10.6 Å². The Balaban J connectivity index is 2.48. The molecule has 0 bridgehead atoms. The van der Waals surface area contributed by atoms with E-state index in [4.69, 9.17) is 5.11 Å². The molecule has 0 radical (unpaired) electrons. The Morgan fingerprint density at radius 1 is 1.43 bits per heavy atom. The van der Waals surface area contributed by atoms with Crippen LogP contribution in [0.4, 0.5) is 0 Å². The summed E-state index contributed by atoms with van der Waals surface area (Å²) in [6.07, 6.45) is 1.66. The summed E-state index contributed by atoms with van der Waals surface area (Å²) in [5.41, 5.74) is 0.956. The molecule has 112 valence electrons. The van der Waals surface area contributed by atoms with Gasteiger partial charge in [0, 0.05) is 18.2 Å². The maximum atomic E-state index is 11.7. The van der Waals surface area contributed by atoms with E-state index in [1.54, 1.807) is 24.3 Å². The van der Waals surface area contributed by atoms with Gasteiger partial charge in [0.05, 0.1) is 7.05 Å². The average molecular weight is 291 g/mol. The molecule has 1 amide bonds. The molecule has 0 aliphatic heterocycles. The Morgan fingerprint density at radius 3 is 2.57 bits per heavy atom. The van der Waals surface area contributed by atoms with E-state index in [9.17, 15) is 14.9 Å². The van der Waals surface area contributed by atoms with E-state index in [0.29, 0.717) is 13.0 Å². The Kier molecular flexibility index (Phi) is 5.94. The molecule has 7 heteroatoms. The topological polar surface area (TPSA) is 105 Å². The first-order chi connectivity index (χ1) is 9.93. The fourth-order valence-electron chi connectivity index (χ4n) is 1.54. The zero-order valence-electron chi connectivity index (χ0n) is 11.6. The van der Waals surface area contributed by atoms with Gasteiger partial charge in [-0.15, -0.1) is 0 Å². The first-order valence-corrected chi connectivity index (χ1v) is 6.23. The van der Waals surface area contributed by atoms with E-state index in [1.165, 1.54) is 7.05 Å². The summed E-state index contributed by atoms with van der Waals surface area (Å²) in [6, 6.07) is 6.63. The zero-order valence-corrected chi connectivity index (χ0v) is 11.6. The highest BCUT2D eigenvalue weighted by molar-refractivity contribution is 5.95. The molecule has 1 aromatic rings. The molecule has 3 N–H and O–H groups in total. The fourth-order valence-corrected chi connectivity index (χ4v) is 1.54. The van der Waals surface area contributed by atoms with Crippen LogP contribution in [0.25, 0.3) is 0 Å². The van der Waals surface area contributed by atoms with Crippen molar-refractivity contribution in [2.45, 2.75) is 6.42 Å². The van der Waals surface area contributed by atoms with E-state index >= 15 is 0 Å². The summed E-state index contributed by atoms with van der Waals surface area (Å²) in [4.78, 5) is 21.7. The minimum atomic E-state index is -0.630. The van der Waals surface area contributed by atoms with Gasteiger partial charge in [-0.25, -0.2) is 0 Å². The summed E-state index contributed by atoms with van der Waals surface area (Å²) in [6.45, 7) is 3.86. The summed E-state index contributed by atoms with van der Waals surface area (Å²) in [7, 11) is 1.39. The molecule has 0 aliphatic rings. The number of nitro groups is 1. The number of nitrogens with zero attached hydrogens (tertiary/aromatic N) is 1. The normalized spacial score (nSPS) is 10.8. The summed E-state index contributed by atoms with van der Waals surface area (Å²) in [5.74, 6) is -0.585. The number of nitrogens with one attached hydrogen (secondary N) is 2. The van der Waals surface area contributed by atoms with Gasteiger partial charge in [-0.05, 0) is 29.0 Å². The highest BCUT2D eigenvalue weighted by atomic mass is 16.6. The number of aromatic hydroxyl groups is 1. The van der Waals surface area contributed by atoms with Gasteiger partial charge in [0.2, 0.25) is 0 Å². The highest BCUT2D eigenvalue weighted by Gasteiger charge is 2.10. The average Bonchev–Trinajstić information content (AvgIpc) is 2.46. The lowest BCUT2D eigenvalue weighted by molar-refractivity contribution is -0.431. The van der Waals surface area contributed by atoms with Crippen LogP contribution >= 0.6 is 0 Å². The quantitative estimate of drug-likeness (QED) is 0.300. The van der Waals surface area contributed by atoms with E-state index in [1.807, 2.05) is 0 Å². The molecule has 21 heavy (non-hydrogen) atoms. The van der Waals surface area contributed by atoms with Crippen LogP contribution in [0.3, 0.4) is 0 Å². The van der Waals surface area contributed by atoms with Crippen LogP contribution in [0.5, 0.6) is 5.75 Å². The third-order valence-corrected chi connectivity index (χ3v) is 2.69. The van der Waals surface area contributed by atoms with Gasteiger partial charge in [0.15, 0.2) is 0 Å². The minimum Gasteiger partial charge on any atom is -0.508 e. The van der Waals surface area contributed by atoms with Crippen molar-refractivity contribution in [2.75, 3.05) is 13.6 Å². The minimum absolute atomic E-state index is 0.00163. The van der Waals surface area contributed by atoms with Crippen molar-refractivity contribution >= 4 is 5.91 Å². The summed E-state index contributed by atoms with van der Waals surface area (Å²) in [5, 5.41) is 24.7. The summed E-state index contributed by atoms with van der Waals surface area (Å²) < 4.78 is 0. The highest BCUT2D eigenvalue weighted by Crippen LogP contribution is 2.09. The Hall–Kier alpha value is -2.83. The van der Waals surface area contributed by atoms with Gasteiger partial charge in [0.1, 0.15) is 5.75 Å². The standard InChI is InChI=1S/C14H17N3O4/c1-10(9-13(15-2)17(20)21)14(19)16-8-7-11-3-5-12(18)6-4-11/h3-6,9,15,18H,1,7-8H2,2H3,(H,16,19)/b13-9+. The Labute approximate surface area is 122 Å². The maximum absolute atomic E-state index is 11.7. The number of carbonyl (C=O) groups is 1. The molecular formula is C14H17N3O4.